The normalized spacial score (nSPS) is 10.6. The third-order valence-corrected chi connectivity index (χ3v) is 4.48. The first-order valence-corrected chi connectivity index (χ1v) is 7.73. The van der Waals surface area contributed by atoms with Crippen LogP contribution in [0.25, 0.3) is 11.4 Å². The van der Waals surface area contributed by atoms with Crippen LogP contribution >= 0.6 is 11.8 Å². The zero-order valence-corrected chi connectivity index (χ0v) is 13.1. The fourth-order valence-electron chi connectivity index (χ4n) is 2.12. The number of thioether (sulfide) groups is 1. The van der Waals surface area contributed by atoms with Gasteiger partial charge < -0.3 is 8.98 Å². The lowest BCUT2D eigenvalue weighted by Crippen LogP contribution is -1.95. The molecule has 0 saturated heterocycles. The molecule has 0 bridgehead atoms. The molecule has 0 aliphatic rings. The number of nitrogens with zero attached hydrogens (tertiary/aromatic N) is 4. The molecule has 2 aromatic heterocycles. The van der Waals surface area contributed by atoms with Gasteiger partial charge in [-0.2, -0.15) is 5.26 Å². The summed E-state index contributed by atoms with van der Waals surface area (Å²) in [5, 5.41) is 18.1. The second kappa shape index (κ2) is 6.08. The van der Waals surface area contributed by atoms with Crippen LogP contribution < -0.4 is 0 Å². The Bertz CT molecular complexity index is 827. The van der Waals surface area contributed by atoms with Crippen LogP contribution in [0.15, 0.2) is 46.2 Å². The van der Waals surface area contributed by atoms with E-state index in [4.69, 9.17) is 9.68 Å². The lowest BCUT2D eigenvalue weighted by atomic mass is 10.2. The Labute approximate surface area is 132 Å². The van der Waals surface area contributed by atoms with Crippen molar-refractivity contribution in [1.29, 1.82) is 5.26 Å². The Hall–Kier alpha value is -2.52. The summed E-state index contributed by atoms with van der Waals surface area (Å²) in [6.45, 7) is 1.91. The molecule has 0 unspecified atom stereocenters. The van der Waals surface area contributed by atoms with Crippen molar-refractivity contribution in [1.82, 2.24) is 14.8 Å². The smallest absolute Gasteiger partial charge is 0.191 e. The maximum absolute atomic E-state index is 8.80. The van der Waals surface area contributed by atoms with Gasteiger partial charge in [-0.3, -0.25) is 0 Å². The quantitative estimate of drug-likeness (QED) is 0.689. The maximum atomic E-state index is 8.80. The lowest BCUT2D eigenvalue weighted by molar-refractivity contribution is 0.534. The molecule has 3 rings (SSSR count). The molecule has 0 amide bonds. The van der Waals surface area contributed by atoms with Crippen LogP contribution in [0.1, 0.15) is 16.9 Å². The number of hydrogen-bond donors (Lipinski definition) is 0. The highest BCUT2D eigenvalue weighted by molar-refractivity contribution is 7.98. The van der Waals surface area contributed by atoms with Gasteiger partial charge in [0, 0.05) is 12.8 Å². The molecule has 0 aliphatic carbocycles. The van der Waals surface area contributed by atoms with Gasteiger partial charge in [0.05, 0.1) is 23.5 Å². The van der Waals surface area contributed by atoms with Crippen molar-refractivity contribution in [3.8, 4) is 17.5 Å². The molecule has 1 aromatic carbocycles. The van der Waals surface area contributed by atoms with Crippen molar-refractivity contribution in [3.05, 3.63) is 53.5 Å². The van der Waals surface area contributed by atoms with E-state index in [0.29, 0.717) is 5.56 Å². The monoisotopic (exact) mass is 310 g/mol. The van der Waals surface area contributed by atoms with Crippen molar-refractivity contribution >= 4 is 11.8 Å². The molecule has 0 atom stereocenters. The summed E-state index contributed by atoms with van der Waals surface area (Å²) in [6, 6.07) is 11.6. The van der Waals surface area contributed by atoms with Crippen LogP contribution in [-0.2, 0) is 12.8 Å². The maximum Gasteiger partial charge on any atom is 0.191 e. The fourth-order valence-corrected chi connectivity index (χ4v) is 2.98. The summed E-state index contributed by atoms with van der Waals surface area (Å²) >= 11 is 1.61. The van der Waals surface area contributed by atoms with E-state index in [1.54, 1.807) is 18.0 Å². The first-order valence-electron chi connectivity index (χ1n) is 6.74. The highest BCUT2D eigenvalue weighted by atomic mass is 32.2. The Morgan fingerprint density at radius 2 is 2.00 bits per heavy atom. The summed E-state index contributed by atoms with van der Waals surface area (Å²) in [5.74, 6) is 2.41. The summed E-state index contributed by atoms with van der Waals surface area (Å²) < 4.78 is 7.28. The fraction of sp³-hybridized carbons (Fsp3) is 0.188. The number of furan rings is 1. The van der Waals surface area contributed by atoms with Gasteiger partial charge in [-0.1, -0.05) is 23.9 Å². The van der Waals surface area contributed by atoms with Crippen molar-refractivity contribution in [2.24, 2.45) is 7.05 Å². The minimum atomic E-state index is 0.671. The molecule has 5 nitrogen and oxygen atoms in total. The summed E-state index contributed by atoms with van der Waals surface area (Å²) in [6.07, 6.45) is 1.66. The van der Waals surface area contributed by atoms with Crippen LogP contribution in [0.2, 0.25) is 0 Å². The molecule has 0 radical (unpaired) electrons. The van der Waals surface area contributed by atoms with E-state index in [1.165, 1.54) is 0 Å². The second-order valence-electron chi connectivity index (χ2n) is 4.85. The number of nitriles is 1. The lowest BCUT2D eigenvalue weighted by Gasteiger charge is -2.03. The van der Waals surface area contributed by atoms with Crippen LogP contribution in [0.3, 0.4) is 0 Å². The van der Waals surface area contributed by atoms with Crippen LogP contribution in [0.4, 0.5) is 0 Å². The Kier molecular flexibility index (Phi) is 3.98. The van der Waals surface area contributed by atoms with Gasteiger partial charge in [0.2, 0.25) is 0 Å². The highest BCUT2D eigenvalue weighted by Gasteiger charge is 2.14. The third kappa shape index (κ3) is 2.76. The van der Waals surface area contributed by atoms with E-state index < -0.39 is 0 Å². The minimum Gasteiger partial charge on any atom is -0.469 e. The third-order valence-electron chi connectivity index (χ3n) is 3.39. The predicted octanol–water partition coefficient (Wildman–Crippen LogP) is 3.55. The number of rotatable bonds is 4. The van der Waals surface area contributed by atoms with Crippen LogP contribution in [-0.4, -0.2) is 14.8 Å². The molecule has 2 heterocycles. The van der Waals surface area contributed by atoms with Crippen LogP contribution in [0, 0.1) is 18.3 Å². The van der Waals surface area contributed by atoms with E-state index in [2.05, 4.69) is 16.3 Å². The van der Waals surface area contributed by atoms with E-state index in [0.717, 1.165) is 33.6 Å². The zero-order chi connectivity index (χ0) is 15.5. The average Bonchev–Trinajstić information content (AvgIpc) is 3.11. The molecule has 6 heteroatoms. The number of aromatic nitrogens is 3. The first-order chi connectivity index (χ1) is 10.7. The van der Waals surface area contributed by atoms with Crippen molar-refractivity contribution in [3.63, 3.8) is 0 Å². The molecule has 3 aromatic rings. The van der Waals surface area contributed by atoms with Crippen molar-refractivity contribution in [2.75, 3.05) is 0 Å². The number of benzene rings is 1. The molecule has 0 fully saturated rings. The first kappa shape index (κ1) is 14.4. The number of aryl methyl sites for hydroxylation is 1. The molecule has 0 N–H and O–H groups in total. The van der Waals surface area contributed by atoms with Crippen LogP contribution in [0.5, 0.6) is 0 Å². The largest absolute Gasteiger partial charge is 0.469 e. The highest BCUT2D eigenvalue weighted by Crippen LogP contribution is 2.27. The molecule has 110 valence electrons. The Balaban J connectivity index is 1.75. The zero-order valence-electron chi connectivity index (χ0n) is 12.3. The van der Waals surface area contributed by atoms with Gasteiger partial charge in [0.25, 0.3) is 0 Å². The SMILES string of the molecule is Cc1occc1-c1nnc(SCc2ccc(C#N)cc2)n1C. The molecule has 0 spiro atoms. The van der Waals surface area contributed by atoms with Gasteiger partial charge in [0.15, 0.2) is 11.0 Å². The predicted molar refractivity (Wildman–Crippen MR) is 84.2 cm³/mol. The van der Waals surface area contributed by atoms with Gasteiger partial charge in [-0.25, -0.2) is 0 Å². The van der Waals surface area contributed by atoms with E-state index in [9.17, 15) is 0 Å². The van der Waals surface area contributed by atoms with Crippen molar-refractivity contribution in [2.45, 2.75) is 17.8 Å². The second-order valence-corrected chi connectivity index (χ2v) is 5.80. The van der Waals surface area contributed by atoms with Gasteiger partial charge in [-0.05, 0) is 30.7 Å². The summed E-state index contributed by atoms with van der Waals surface area (Å²) in [5.41, 5.74) is 2.78. The summed E-state index contributed by atoms with van der Waals surface area (Å²) in [4.78, 5) is 0. The van der Waals surface area contributed by atoms with E-state index in [-0.39, 0.29) is 0 Å². The van der Waals surface area contributed by atoms with Gasteiger partial charge >= 0.3 is 0 Å². The molecular formula is C16H14N4OS. The van der Waals surface area contributed by atoms with Gasteiger partial charge in [0.1, 0.15) is 5.76 Å². The van der Waals surface area contributed by atoms with Gasteiger partial charge in [-0.15, -0.1) is 10.2 Å². The average molecular weight is 310 g/mol. The van der Waals surface area contributed by atoms with Crippen molar-refractivity contribution < 1.29 is 4.42 Å². The van der Waals surface area contributed by atoms with E-state index >= 15 is 0 Å². The molecule has 0 saturated carbocycles. The molecule has 22 heavy (non-hydrogen) atoms. The standard InChI is InChI=1S/C16H14N4OS/c1-11-14(7-8-21-11)15-18-19-16(20(15)2)22-10-13-5-3-12(9-17)4-6-13/h3-8H,10H2,1-2H3. The number of hydrogen-bond acceptors (Lipinski definition) is 5. The summed E-state index contributed by atoms with van der Waals surface area (Å²) in [7, 11) is 1.95. The Morgan fingerprint density at radius 1 is 1.23 bits per heavy atom. The van der Waals surface area contributed by atoms with E-state index in [1.807, 2.05) is 48.9 Å². The molecular weight excluding hydrogens is 296 g/mol. The Morgan fingerprint density at radius 3 is 2.64 bits per heavy atom. The minimum absolute atomic E-state index is 0.671. The topological polar surface area (TPSA) is 67.6 Å². The molecule has 0 aliphatic heterocycles.